The van der Waals surface area contributed by atoms with Crippen molar-refractivity contribution in [1.82, 2.24) is 14.1 Å². The van der Waals surface area contributed by atoms with Crippen LogP contribution in [0.4, 0.5) is 0 Å². The number of thiazole rings is 1. The molecule has 1 aliphatic carbocycles. The molecule has 19 heavy (non-hydrogen) atoms. The molecule has 0 bridgehead atoms. The van der Waals surface area contributed by atoms with Crippen LogP contribution in [-0.4, -0.2) is 35.1 Å². The van der Waals surface area contributed by atoms with Crippen LogP contribution in [0.1, 0.15) is 19.3 Å². The topological polar surface area (TPSA) is 83.7 Å². The highest BCUT2D eigenvalue weighted by Gasteiger charge is 2.41. The Bertz CT molecular complexity index is 712. The smallest absolute Gasteiger partial charge is 0.260 e. The second-order valence-electron chi connectivity index (χ2n) is 4.66. The van der Waals surface area contributed by atoms with Gasteiger partial charge >= 0.3 is 0 Å². The highest BCUT2D eigenvalue weighted by Crippen LogP contribution is 2.34. The summed E-state index contributed by atoms with van der Waals surface area (Å²) in [5, 5.41) is 11.0. The van der Waals surface area contributed by atoms with Crippen LogP contribution >= 0.6 is 22.9 Å². The number of halogens is 1. The number of hydrogen-bond acceptors (Lipinski definition) is 5. The maximum absolute atomic E-state index is 12.4. The van der Waals surface area contributed by atoms with Gasteiger partial charge in [-0.1, -0.05) is 11.6 Å². The summed E-state index contributed by atoms with van der Waals surface area (Å²) in [6.45, 7) is -0.213. The zero-order valence-corrected chi connectivity index (χ0v) is 12.2. The molecular weight excluding hydrogens is 310 g/mol. The maximum atomic E-state index is 12.4. The number of fused-ring (bicyclic) bond motifs is 1. The number of aliphatic hydroxyl groups excluding tert-OH is 1. The first-order chi connectivity index (χ1) is 8.97. The Hall–Kier alpha value is -0.670. The highest BCUT2D eigenvalue weighted by atomic mass is 35.5. The predicted octanol–water partition coefficient (Wildman–Crippen LogP) is 1.24. The molecule has 3 rings (SSSR count). The molecule has 0 aliphatic heterocycles. The van der Waals surface area contributed by atoms with Gasteiger partial charge in [-0.2, -0.15) is 0 Å². The van der Waals surface area contributed by atoms with E-state index in [1.165, 1.54) is 15.7 Å². The van der Waals surface area contributed by atoms with Gasteiger partial charge in [-0.05, 0) is 19.3 Å². The molecule has 9 heteroatoms. The van der Waals surface area contributed by atoms with E-state index >= 15 is 0 Å². The molecule has 2 aromatic heterocycles. The lowest BCUT2D eigenvalue weighted by Crippen LogP contribution is -2.56. The molecule has 2 aromatic rings. The van der Waals surface area contributed by atoms with Crippen LogP contribution in [0.3, 0.4) is 0 Å². The van der Waals surface area contributed by atoms with Gasteiger partial charge in [0, 0.05) is 11.6 Å². The third kappa shape index (κ3) is 2.07. The molecule has 2 N–H and O–H groups in total. The molecule has 2 heterocycles. The van der Waals surface area contributed by atoms with Crippen LogP contribution in [0.15, 0.2) is 16.6 Å². The maximum Gasteiger partial charge on any atom is 0.260 e. The number of nitrogens with one attached hydrogen (secondary N) is 1. The van der Waals surface area contributed by atoms with E-state index < -0.39 is 15.6 Å². The Balaban J connectivity index is 2.04. The first kappa shape index (κ1) is 13.3. The van der Waals surface area contributed by atoms with E-state index in [9.17, 15) is 13.5 Å². The minimum Gasteiger partial charge on any atom is -0.394 e. The highest BCUT2D eigenvalue weighted by molar-refractivity contribution is 7.89. The molecule has 104 valence electrons. The number of nitrogens with zero attached hydrogens (tertiary/aromatic N) is 2. The number of aliphatic hydroxyl groups is 1. The van der Waals surface area contributed by atoms with Crippen molar-refractivity contribution in [2.24, 2.45) is 0 Å². The lowest BCUT2D eigenvalue weighted by Gasteiger charge is -2.40. The first-order valence-electron chi connectivity index (χ1n) is 5.73. The number of imidazole rings is 1. The van der Waals surface area contributed by atoms with Crippen molar-refractivity contribution in [3.05, 3.63) is 16.7 Å². The van der Waals surface area contributed by atoms with Gasteiger partial charge in [0.05, 0.1) is 12.1 Å². The van der Waals surface area contributed by atoms with Crippen LogP contribution in [-0.2, 0) is 10.0 Å². The van der Waals surface area contributed by atoms with Gasteiger partial charge < -0.3 is 5.11 Å². The fourth-order valence-electron chi connectivity index (χ4n) is 2.21. The lowest BCUT2D eigenvalue weighted by molar-refractivity contribution is 0.110. The molecule has 6 nitrogen and oxygen atoms in total. The van der Waals surface area contributed by atoms with Crippen LogP contribution in [0.5, 0.6) is 0 Å². The van der Waals surface area contributed by atoms with Gasteiger partial charge in [0.1, 0.15) is 0 Å². The van der Waals surface area contributed by atoms with Crippen molar-refractivity contribution < 1.29 is 13.5 Å². The van der Waals surface area contributed by atoms with Crippen LogP contribution in [0.2, 0.25) is 5.15 Å². The van der Waals surface area contributed by atoms with Crippen molar-refractivity contribution in [2.45, 2.75) is 29.8 Å². The molecule has 1 aliphatic rings. The van der Waals surface area contributed by atoms with Crippen molar-refractivity contribution in [1.29, 1.82) is 0 Å². The summed E-state index contributed by atoms with van der Waals surface area (Å²) >= 11 is 7.23. The quantitative estimate of drug-likeness (QED) is 0.887. The van der Waals surface area contributed by atoms with Crippen LogP contribution < -0.4 is 4.72 Å². The standard InChI is InChI=1S/C10H12ClN3O3S2/c11-7-8(14-4-5-18-9(14)12-7)19(16,17)13-10(6-15)2-1-3-10/h4-5,13,15H,1-3,6H2. The largest absolute Gasteiger partial charge is 0.394 e. The zero-order chi connectivity index (χ0) is 13.7. The van der Waals surface area contributed by atoms with E-state index in [0.717, 1.165) is 6.42 Å². The Morgan fingerprint density at radius 1 is 1.58 bits per heavy atom. The minimum atomic E-state index is -3.81. The van der Waals surface area contributed by atoms with E-state index in [2.05, 4.69) is 9.71 Å². The number of sulfonamides is 1. The second kappa shape index (κ2) is 4.42. The SMILES string of the molecule is O=S(=O)(NC1(CO)CCC1)c1c(Cl)nc2sccn12. The summed E-state index contributed by atoms with van der Waals surface area (Å²) in [7, 11) is -3.81. The molecule has 0 amide bonds. The average Bonchev–Trinajstić information content (AvgIpc) is 2.82. The van der Waals surface area contributed by atoms with E-state index in [1.807, 2.05) is 0 Å². The average molecular weight is 322 g/mol. The third-order valence-corrected chi connectivity index (χ3v) is 6.13. The predicted molar refractivity (Wildman–Crippen MR) is 72.1 cm³/mol. The monoisotopic (exact) mass is 321 g/mol. The lowest BCUT2D eigenvalue weighted by atomic mass is 9.78. The molecule has 0 spiro atoms. The van der Waals surface area contributed by atoms with Gasteiger partial charge in [0.2, 0.25) is 0 Å². The van der Waals surface area contributed by atoms with Crippen molar-refractivity contribution in [3.8, 4) is 0 Å². The normalized spacial score (nSPS) is 18.6. The molecular formula is C10H12ClN3O3S2. The molecule has 0 aromatic carbocycles. The van der Waals surface area contributed by atoms with Gasteiger partial charge in [0.15, 0.2) is 15.1 Å². The third-order valence-electron chi connectivity index (χ3n) is 3.40. The van der Waals surface area contributed by atoms with Crippen molar-refractivity contribution in [3.63, 3.8) is 0 Å². The number of rotatable bonds is 4. The Labute approximate surface area is 119 Å². The van der Waals surface area contributed by atoms with Gasteiger partial charge in [-0.15, -0.1) is 11.3 Å². The van der Waals surface area contributed by atoms with Crippen LogP contribution in [0, 0.1) is 0 Å². The molecule has 0 saturated heterocycles. The molecule has 1 saturated carbocycles. The van der Waals surface area contributed by atoms with E-state index in [-0.39, 0.29) is 16.8 Å². The Morgan fingerprint density at radius 3 is 2.89 bits per heavy atom. The fraction of sp³-hybridized carbons (Fsp3) is 0.500. The van der Waals surface area contributed by atoms with Gasteiger partial charge in [-0.25, -0.2) is 18.1 Å². The number of hydrogen-bond donors (Lipinski definition) is 2. The Kier molecular flexibility index (Phi) is 3.10. The summed E-state index contributed by atoms with van der Waals surface area (Å²) in [5.74, 6) is 0. The summed E-state index contributed by atoms with van der Waals surface area (Å²) in [4.78, 5) is 4.53. The molecule has 0 unspecified atom stereocenters. The van der Waals surface area contributed by atoms with Crippen molar-refractivity contribution in [2.75, 3.05) is 6.61 Å². The fourth-order valence-corrected chi connectivity index (χ4v) is 5.12. The molecule has 0 radical (unpaired) electrons. The van der Waals surface area contributed by atoms with Gasteiger partial charge in [0.25, 0.3) is 10.0 Å². The van der Waals surface area contributed by atoms with E-state index in [4.69, 9.17) is 11.6 Å². The molecule has 1 fully saturated rings. The Morgan fingerprint density at radius 2 is 2.32 bits per heavy atom. The van der Waals surface area contributed by atoms with E-state index in [0.29, 0.717) is 17.8 Å². The zero-order valence-electron chi connectivity index (χ0n) is 9.84. The number of aromatic nitrogens is 2. The first-order valence-corrected chi connectivity index (χ1v) is 8.47. The summed E-state index contributed by atoms with van der Waals surface area (Å²) in [6, 6.07) is 0. The van der Waals surface area contributed by atoms with Crippen molar-refractivity contribution >= 4 is 37.9 Å². The minimum absolute atomic E-state index is 0.0493. The molecule has 0 atom stereocenters. The summed E-state index contributed by atoms with van der Waals surface area (Å²) in [5.41, 5.74) is -0.748. The second-order valence-corrected chi connectivity index (χ2v) is 7.49. The van der Waals surface area contributed by atoms with Gasteiger partial charge in [-0.3, -0.25) is 4.40 Å². The van der Waals surface area contributed by atoms with Crippen LogP contribution in [0.25, 0.3) is 4.96 Å². The summed E-state index contributed by atoms with van der Waals surface area (Å²) < 4.78 is 28.9. The summed E-state index contributed by atoms with van der Waals surface area (Å²) in [6.07, 6.45) is 3.77. The van der Waals surface area contributed by atoms with E-state index in [1.54, 1.807) is 11.6 Å².